The van der Waals surface area contributed by atoms with Crippen molar-refractivity contribution in [3.05, 3.63) is 36.5 Å². The number of alkyl halides is 3. The number of allylic oxidation sites excluding steroid dienone is 3. The molecule has 25 heavy (non-hydrogen) atoms. The topological polar surface area (TPSA) is 27.1 Å². The fourth-order valence-corrected chi connectivity index (χ4v) is 3.21. The predicted octanol–water partition coefficient (Wildman–Crippen LogP) is 6.12. The first kappa shape index (κ1) is 21.5. The maximum absolute atomic E-state index is 12.9. The van der Waals surface area contributed by atoms with Gasteiger partial charge in [0, 0.05) is 13.1 Å². The number of nitrogens with zero attached hydrogens (tertiary/aromatic N) is 1. The fraction of sp³-hybridized carbons (Fsp3) is 0.650. The highest BCUT2D eigenvalue weighted by Gasteiger charge is 2.41. The third-order valence-electron chi connectivity index (χ3n) is 4.61. The second kappa shape index (κ2) is 10.5. The zero-order valence-corrected chi connectivity index (χ0v) is 15.4. The Morgan fingerprint density at radius 3 is 2.60 bits per heavy atom. The van der Waals surface area contributed by atoms with Crippen LogP contribution in [0.4, 0.5) is 13.2 Å². The lowest BCUT2D eigenvalue weighted by Gasteiger charge is -2.28. The molecule has 0 saturated heterocycles. The Labute approximate surface area is 150 Å². The van der Waals surface area contributed by atoms with Crippen LogP contribution in [0, 0.1) is 17.2 Å². The number of hydrogen-bond donors (Lipinski definition) is 1. The van der Waals surface area contributed by atoms with Crippen LogP contribution in [0.1, 0.15) is 52.4 Å². The number of nitrogens with one attached hydrogen (secondary N) is 1. The zero-order chi connectivity index (χ0) is 18.9. The highest BCUT2D eigenvalue weighted by molar-refractivity contribution is 5.91. The second-order valence-electron chi connectivity index (χ2n) is 6.86. The van der Waals surface area contributed by atoms with Crippen LogP contribution < -0.4 is 0 Å². The summed E-state index contributed by atoms with van der Waals surface area (Å²) in [6.07, 6.45) is 6.99. The minimum atomic E-state index is -4.08. The van der Waals surface area contributed by atoms with E-state index in [1.165, 1.54) is 0 Å². The maximum Gasteiger partial charge on any atom is 0.391 e. The van der Waals surface area contributed by atoms with E-state index in [0.29, 0.717) is 12.3 Å². The van der Waals surface area contributed by atoms with Gasteiger partial charge in [0.15, 0.2) is 0 Å². The molecule has 2 nitrogen and oxygen atoms in total. The number of halogens is 3. The summed E-state index contributed by atoms with van der Waals surface area (Å²) < 4.78 is 38.6. The van der Waals surface area contributed by atoms with Crippen LogP contribution in [-0.2, 0) is 0 Å². The first-order valence-electron chi connectivity index (χ1n) is 9.15. The molecule has 0 aromatic heterocycles. The molecular formula is C20H31F3N2. The molecule has 0 aromatic rings. The zero-order valence-electron chi connectivity index (χ0n) is 15.4. The first-order chi connectivity index (χ1) is 11.8. The van der Waals surface area contributed by atoms with Crippen molar-refractivity contribution in [3.63, 3.8) is 0 Å². The van der Waals surface area contributed by atoms with Crippen LogP contribution in [0.5, 0.6) is 0 Å². The molecule has 0 amide bonds. The monoisotopic (exact) mass is 356 g/mol. The summed E-state index contributed by atoms with van der Waals surface area (Å²) in [5, 5.41) is 8.23. The van der Waals surface area contributed by atoms with E-state index < -0.39 is 12.1 Å². The van der Waals surface area contributed by atoms with Crippen molar-refractivity contribution < 1.29 is 13.2 Å². The summed E-state index contributed by atoms with van der Waals surface area (Å²) in [6, 6.07) is 0. The molecule has 0 bridgehead atoms. The van der Waals surface area contributed by atoms with Gasteiger partial charge < -0.3 is 4.90 Å². The van der Waals surface area contributed by atoms with E-state index in [4.69, 9.17) is 5.41 Å². The Balaban J connectivity index is 2.64. The molecule has 142 valence electrons. The quantitative estimate of drug-likeness (QED) is 0.241. The molecule has 0 heterocycles. The van der Waals surface area contributed by atoms with Crippen LogP contribution in [-0.4, -0.2) is 30.0 Å². The van der Waals surface area contributed by atoms with Gasteiger partial charge in [-0.3, -0.25) is 5.41 Å². The Bertz CT molecular complexity index is 492. The summed E-state index contributed by atoms with van der Waals surface area (Å²) >= 11 is 0. The Morgan fingerprint density at radius 2 is 2.00 bits per heavy atom. The average Bonchev–Trinajstić information content (AvgIpc) is 2.56. The van der Waals surface area contributed by atoms with Crippen molar-refractivity contribution in [2.24, 2.45) is 11.8 Å². The van der Waals surface area contributed by atoms with Gasteiger partial charge in [-0.15, -0.1) is 6.58 Å². The minimum Gasteiger partial charge on any atom is -0.357 e. The first-order valence-corrected chi connectivity index (χ1v) is 9.15. The van der Waals surface area contributed by atoms with E-state index in [2.05, 4.69) is 13.5 Å². The van der Waals surface area contributed by atoms with Gasteiger partial charge in [0.2, 0.25) is 0 Å². The summed E-state index contributed by atoms with van der Waals surface area (Å²) in [5.74, 6) is -0.745. The largest absolute Gasteiger partial charge is 0.391 e. The lowest BCUT2D eigenvalue weighted by Crippen LogP contribution is -2.30. The summed E-state index contributed by atoms with van der Waals surface area (Å²) in [7, 11) is 0. The molecule has 2 unspecified atom stereocenters. The molecule has 1 N–H and O–H groups in total. The van der Waals surface area contributed by atoms with E-state index in [9.17, 15) is 13.2 Å². The van der Waals surface area contributed by atoms with E-state index >= 15 is 0 Å². The lowest BCUT2D eigenvalue weighted by atomic mass is 9.81. The molecule has 2 atom stereocenters. The normalized spacial score (nSPS) is 22.2. The van der Waals surface area contributed by atoms with Crippen LogP contribution in [0.15, 0.2) is 36.5 Å². The van der Waals surface area contributed by atoms with Gasteiger partial charge in [0.25, 0.3) is 0 Å². The Kier molecular flexibility index (Phi) is 9.01. The van der Waals surface area contributed by atoms with Crippen molar-refractivity contribution in [2.75, 3.05) is 13.1 Å². The molecule has 1 aliphatic carbocycles. The van der Waals surface area contributed by atoms with Crippen molar-refractivity contribution in [1.82, 2.24) is 4.90 Å². The summed E-state index contributed by atoms with van der Waals surface area (Å²) in [5.41, 5.74) is 0.902. The molecule has 1 aliphatic rings. The van der Waals surface area contributed by atoms with Crippen LogP contribution in [0.25, 0.3) is 0 Å². The fourth-order valence-electron chi connectivity index (χ4n) is 3.21. The SMILES string of the molecule is C=CCCN(CCC)C(=N)/C=C(C)\C=C\C1CCCC(C(F)(F)F)C1. The minimum absolute atomic E-state index is 0.0228. The molecule has 1 saturated carbocycles. The van der Waals surface area contributed by atoms with E-state index in [-0.39, 0.29) is 18.8 Å². The van der Waals surface area contributed by atoms with Gasteiger partial charge >= 0.3 is 6.18 Å². The molecular weight excluding hydrogens is 325 g/mol. The second-order valence-corrected chi connectivity index (χ2v) is 6.86. The Morgan fingerprint density at radius 1 is 1.28 bits per heavy atom. The summed E-state index contributed by atoms with van der Waals surface area (Å²) in [4.78, 5) is 2.00. The van der Waals surface area contributed by atoms with Gasteiger partial charge in [0.1, 0.15) is 5.84 Å². The molecule has 1 rings (SSSR count). The van der Waals surface area contributed by atoms with E-state index in [0.717, 1.165) is 37.9 Å². The van der Waals surface area contributed by atoms with Gasteiger partial charge in [-0.1, -0.05) is 31.6 Å². The maximum atomic E-state index is 12.9. The smallest absolute Gasteiger partial charge is 0.357 e. The molecule has 1 fully saturated rings. The third kappa shape index (κ3) is 7.93. The van der Waals surface area contributed by atoms with Gasteiger partial charge in [-0.05, 0) is 56.6 Å². The highest BCUT2D eigenvalue weighted by Crippen LogP contribution is 2.40. The Hall–Kier alpha value is -1.52. The van der Waals surface area contributed by atoms with Crippen LogP contribution >= 0.6 is 0 Å². The molecule has 0 radical (unpaired) electrons. The third-order valence-corrected chi connectivity index (χ3v) is 4.61. The van der Waals surface area contributed by atoms with Crippen LogP contribution in [0.3, 0.4) is 0 Å². The van der Waals surface area contributed by atoms with Gasteiger partial charge in [-0.25, -0.2) is 0 Å². The van der Waals surface area contributed by atoms with Crippen LogP contribution in [0.2, 0.25) is 0 Å². The van der Waals surface area contributed by atoms with Crippen molar-refractivity contribution in [3.8, 4) is 0 Å². The van der Waals surface area contributed by atoms with Crippen molar-refractivity contribution in [1.29, 1.82) is 5.41 Å². The van der Waals surface area contributed by atoms with Crippen molar-refractivity contribution >= 4 is 5.84 Å². The number of amidine groups is 1. The standard InChI is InChI=1S/C20H31F3N2/c1-4-6-13-25(12-5-2)19(24)14-16(3)10-11-17-8-7-9-18(15-17)20(21,22)23/h4,10-11,14,17-18,24H,1,5-9,12-13,15H2,2-3H3/b11-10+,16-14-,24-19?. The highest BCUT2D eigenvalue weighted by atomic mass is 19.4. The van der Waals surface area contributed by atoms with Crippen molar-refractivity contribution in [2.45, 2.75) is 58.5 Å². The van der Waals surface area contributed by atoms with E-state index in [1.54, 1.807) is 6.08 Å². The summed E-state index contributed by atoms with van der Waals surface area (Å²) in [6.45, 7) is 9.26. The van der Waals surface area contributed by atoms with E-state index in [1.807, 2.05) is 30.1 Å². The lowest BCUT2D eigenvalue weighted by molar-refractivity contribution is -0.184. The predicted molar refractivity (Wildman–Crippen MR) is 98.8 cm³/mol. The van der Waals surface area contributed by atoms with Gasteiger partial charge in [-0.2, -0.15) is 13.2 Å². The molecule has 0 aromatic carbocycles. The number of hydrogen-bond acceptors (Lipinski definition) is 1. The molecule has 0 spiro atoms. The molecule has 0 aliphatic heterocycles. The number of rotatable bonds is 8. The van der Waals surface area contributed by atoms with Gasteiger partial charge in [0.05, 0.1) is 5.92 Å². The average molecular weight is 356 g/mol. The molecule has 5 heteroatoms.